The van der Waals surface area contributed by atoms with Gasteiger partial charge < -0.3 is 9.84 Å². The quantitative estimate of drug-likeness (QED) is 0.214. The molecule has 0 rings (SSSR count). The van der Waals surface area contributed by atoms with Crippen LogP contribution >= 0.6 is 25.3 Å². The number of esters is 1. The molecule has 0 saturated carbocycles. The normalized spacial score (nSPS) is 14.7. The van der Waals surface area contributed by atoms with E-state index in [9.17, 15) is 9.59 Å². The van der Waals surface area contributed by atoms with Gasteiger partial charge in [0.2, 0.25) is 0 Å². The van der Waals surface area contributed by atoms with Crippen LogP contribution in [0.3, 0.4) is 0 Å². The molecule has 0 aliphatic heterocycles. The molecular weight excluding hydrogens is 298 g/mol. The van der Waals surface area contributed by atoms with E-state index in [1.807, 2.05) is 0 Å². The lowest BCUT2D eigenvalue weighted by atomic mass is 10.0. The average Bonchev–Trinajstić information content (AvgIpc) is 2.35. The van der Waals surface area contributed by atoms with Crippen molar-refractivity contribution in [1.82, 2.24) is 5.32 Å². The van der Waals surface area contributed by atoms with Gasteiger partial charge in [0.05, 0.1) is 10.7 Å². The lowest BCUT2D eigenvalue weighted by Gasteiger charge is -2.32. The molecule has 2 N–H and O–H groups in total. The summed E-state index contributed by atoms with van der Waals surface area (Å²) >= 11 is 8.88. The van der Waals surface area contributed by atoms with Crippen molar-refractivity contribution < 1.29 is 19.4 Å². The van der Waals surface area contributed by atoms with Crippen molar-refractivity contribution in [2.75, 3.05) is 6.61 Å². The van der Waals surface area contributed by atoms with Crippen molar-refractivity contribution in [3.05, 3.63) is 0 Å². The maximum absolute atomic E-state index is 12.0. The van der Waals surface area contributed by atoms with Crippen molar-refractivity contribution in [3.63, 3.8) is 0 Å². The van der Waals surface area contributed by atoms with Crippen LogP contribution in [0.2, 0.25) is 0 Å². The molecule has 0 bridgehead atoms. The topological polar surface area (TPSA) is 75.6 Å². The molecule has 7 heteroatoms. The molecular formula is C13H25NO4S2. The molecule has 0 aliphatic rings. The molecule has 0 aromatic rings. The second kappa shape index (κ2) is 9.52. The van der Waals surface area contributed by atoms with Crippen LogP contribution in [0.25, 0.3) is 0 Å². The third-order valence-electron chi connectivity index (χ3n) is 2.92. The highest BCUT2D eigenvalue weighted by molar-refractivity contribution is 8.00. The predicted octanol–water partition coefficient (Wildman–Crippen LogP) is 2.12. The lowest BCUT2D eigenvalue weighted by molar-refractivity contribution is -0.147. The summed E-state index contributed by atoms with van der Waals surface area (Å²) in [5.41, 5.74) is 0. The molecule has 0 unspecified atom stereocenters. The van der Waals surface area contributed by atoms with Crippen LogP contribution < -0.4 is 5.32 Å². The predicted molar refractivity (Wildman–Crippen MR) is 85.5 cm³/mol. The van der Waals surface area contributed by atoms with Crippen molar-refractivity contribution in [2.45, 2.75) is 62.6 Å². The Bertz CT molecular complexity index is 323. The molecule has 0 aliphatic carbocycles. The summed E-state index contributed by atoms with van der Waals surface area (Å²) in [5.74, 6) is -1.56. The Labute approximate surface area is 131 Å². The second-order valence-electron chi connectivity index (χ2n) is 4.75. The first-order valence-corrected chi connectivity index (χ1v) is 7.75. The van der Waals surface area contributed by atoms with Gasteiger partial charge in [0.15, 0.2) is 0 Å². The fourth-order valence-electron chi connectivity index (χ4n) is 1.72. The Hall–Kier alpha value is -0.400. The largest absolute Gasteiger partial charge is 0.480 e. The number of nitrogens with one attached hydrogen (secondary N) is 1. The van der Waals surface area contributed by atoms with Crippen LogP contribution in [0.5, 0.6) is 0 Å². The molecule has 0 aromatic carbocycles. The van der Waals surface area contributed by atoms with E-state index in [-0.39, 0.29) is 6.61 Å². The summed E-state index contributed by atoms with van der Waals surface area (Å²) in [4.78, 5) is 22.9. The van der Waals surface area contributed by atoms with E-state index in [2.05, 4.69) is 37.5 Å². The van der Waals surface area contributed by atoms with Gasteiger partial charge in [-0.1, -0.05) is 26.2 Å². The molecule has 0 saturated heterocycles. The van der Waals surface area contributed by atoms with Crippen LogP contribution in [0, 0.1) is 0 Å². The number of unbranched alkanes of at least 4 members (excludes halogenated alkanes) is 2. The number of ether oxygens (including phenoxy) is 1. The Morgan fingerprint density at radius 1 is 1.30 bits per heavy atom. The number of carboxylic acids is 1. The van der Waals surface area contributed by atoms with Crippen LogP contribution in [0.1, 0.15) is 46.5 Å². The van der Waals surface area contributed by atoms with Crippen LogP contribution in [0.15, 0.2) is 0 Å². The van der Waals surface area contributed by atoms with E-state index in [0.717, 1.165) is 19.3 Å². The molecule has 0 aromatic heterocycles. The SMILES string of the molecule is CCCCCC(S)(S)[C@H](N[C@@H](C)C(=O)O)C(=O)OCC. The number of carboxylic acid groups (broad SMARTS) is 1. The van der Waals surface area contributed by atoms with Crippen LogP contribution in [0.4, 0.5) is 0 Å². The maximum Gasteiger partial charge on any atom is 0.325 e. The summed E-state index contributed by atoms with van der Waals surface area (Å²) in [6.45, 7) is 5.47. The van der Waals surface area contributed by atoms with Gasteiger partial charge in [0, 0.05) is 0 Å². The van der Waals surface area contributed by atoms with E-state index in [4.69, 9.17) is 9.84 Å². The lowest BCUT2D eigenvalue weighted by Crippen LogP contribution is -2.55. The first-order chi connectivity index (χ1) is 9.26. The highest BCUT2D eigenvalue weighted by atomic mass is 32.2. The summed E-state index contributed by atoms with van der Waals surface area (Å²) < 4.78 is 4.03. The molecule has 0 radical (unpaired) electrons. The number of rotatable bonds is 10. The Morgan fingerprint density at radius 3 is 2.35 bits per heavy atom. The maximum atomic E-state index is 12.0. The zero-order chi connectivity index (χ0) is 15.8. The Kier molecular flexibility index (Phi) is 9.33. The van der Waals surface area contributed by atoms with E-state index in [1.54, 1.807) is 6.92 Å². The van der Waals surface area contributed by atoms with E-state index in [0.29, 0.717) is 6.42 Å². The molecule has 20 heavy (non-hydrogen) atoms. The second-order valence-corrected chi connectivity index (χ2v) is 6.70. The molecule has 0 heterocycles. The van der Waals surface area contributed by atoms with E-state index >= 15 is 0 Å². The number of hydrogen-bond acceptors (Lipinski definition) is 6. The Morgan fingerprint density at radius 2 is 1.90 bits per heavy atom. The fourth-order valence-corrected chi connectivity index (χ4v) is 2.39. The number of hydrogen-bond donors (Lipinski definition) is 4. The van der Waals surface area contributed by atoms with Crippen molar-refractivity contribution in [3.8, 4) is 0 Å². The van der Waals surface area contributed by atoms with Gasteiger partial charge in [-0.25, -0.2) is 0 Å². The highest BCUT2D eigenvalue weighted by Crippen LogP contribution is 2.32. The molecule has 2 atom stereocenters. The fraction of sp³-hybridized carbons (Fsp3) is 0.846. The van der Waals surface area contributed by atoms with Crippen LogP contribution in [-0.4, -0.2) is 39.8 Å². The average molecular weight is 323 g/mol. The monoisotopic (exact) mass is 323 g/mol. The first kappa shape index (κ1) is 19.6. The van der Waals surface area contributed by atoms with E-state index < -0.39 is 28.1 Å². The molecule has 118 valence electrons. The third kappa shape index (κ3) is 6.85. The molecule has 0 spiro atoms. The first-order valence-electron chi connectivity index (χ1n) is 6.86. The minimum absolute atomic E-state index is 0.227. The zero-order valence-electron chi connectivity index (χ0n) is 12.3. The summed E-state index contributed by atoms with van der Waals surface area (Å²) in [6.07, 6.45) is 3.49. The van der Waals surface area contributed by atoms with Gasteiger partial charge in [0.25, 0.3) is 0 Å². The van der Waals surface area contributed by atoms with Gasteiger partial charge in [-0.15, -0.1) is 0 Å². The molecule has 5 nitrogen and oxygen atoms in total. The van der Waals surface area contributed by atoms with Gasteiger partial charge in [0.1, 0.15) is 12.1 Å². The molecule has 0 amide bonds. The van der Waals surface area contributed by atoms with Crippen molar-refractivity contribution in [2.24, 2.45) is 0 Å². The summed E-state index contributed by atoms with van der Waals surface area (Å²) in [7, 11) is 0. The number of carbonyl (C=O) groups is 2. The standard InChI is InChI=1S/C13H25NO4S2/c1-4-6-7-8-13(19,20)10(12(17)18-5-2)14-9(3)11(15)16/h9-10,14,19-20H,4-8H2,1-3H3,(H,15,16)/t9-,10+/m0/s1. The van der Waals surface area contributed by atoms with E-state index in [1.165, 1.54) is 6.92 Å². The Balaban J connectivity index is 4.88. The number of aliphatic carboxylic acids is 1. The van der Waals surface area contributed by atoms with Gasteiger partial charge >= 0.3 is 11.9 Å². The minimum atomic E-state index is -1.04. The third-order valence-corrected chi connectivity index (χ3v) is 3.88. The molecule has 0 fully saturated rings. The van der Waals surface area contributed by atoms with Gasteiger partial charge in [-0.3, -0.25) is 14.9 Å². The summed E-state index contributed by atoms with van der Waals surface area (Å²) in [6, 6.07) is -1.76. The smallest absolute Gasteiger partial charge is 0.325 e. The highest BCUT2D eigenvalue weighted by Gasteiger charge is 2.39. The zero-order valence-corrected chi connectivity index (χ0v) is 14.0. The van der Waals surface area contributed by atoms with Crippen LogP contribution in [-0.2, 0) is 14.3 Å². The van der Waals surface area contributed by atoms with Crippen molar-refractivity contribution in [1.29, 1.82) is 0 Å². The minimum Gasteiger partial charge on any atom is -0.480 e. The number of thiol groups is 2. The number of carbonyl (C=O) groups excluding carboxylic acids is 1. The van der Waals surface area contributed by atoms with Crippen molar-refractivity contribution >= 4 is 37.2 Å². The summed E-state index contributed by atoms with van der Waals surface area (Å²) in [5, 5.41) is 11.7. The van der Waals surface area contributed by atoms with Gasteiger partial charge in [-0.05, 0) is 20.3 Å². The van der Waals surface area contributed by atoms with Gasteiger partial charge in [-0.2, -0.15) is 25.3 Å².